The number of allylic oxidation sites excluding steroid dienone is 1. The number of fused-ring (bicyclic) bond motifs is 1. The Bertz CT molecular complexity index is 1060. The third-order valence-electron chi connectivity index (χ3n) is 4.12. The zero-order valence-corrected chi connectivity index (χ0v) is 16.3. The Hall–Kier alpha value is -3.79. The lowest BCUT2D eigenvalue weighted by Crippen LogP contribution is -2.18. The first-order valence-electron chi connectivity index (χ1n) is 9.15. The van der Waals surface area contributed by atoms with Crippen molar-refractivity contribution in [3.8, 4) is 11.8 Å². The highest BCUT2D eigenvalue weighted by atomic mass is 16.6. The van der Waals surface area contributed by atoms with E-state index in [0.717, 1.165) is 5.52 Å². The first kappa shape index (κ1) is 20.0. The van der Waals surface area contributed by atoms with Gasteiger partial charge in [0.25, 0.3) is 0 Å². The largest absolute Gasteiger partial charge is 0.507 e. The average molecular weight is 391 g/mol. The summed E-state index contributed by atoms with van der Waals surface area (Å²) >= 11 is 0. The van der Waals surface area contributed by atoms with Crippen LogP contribution in [0.2, 0.25) is 0 Å². The number of ether oxygens (including phenoxy) is 2. The van der Waals surface area contributed by atoms with Crippen LogP contribution in [0.5, 0.6) is 5.75 Å². The van der Waals surface area contributed by atoms with Gasteiger partial charge in [-0.25, -0.2) is 9.78 Å². The van der Waals surface area contributed by atoms with E-state index in [1.165, 1.54) is 6.92 Å². The Balaban J connectivity index is 1.78. The number of aliphatic hydroxyl groups excluding tert-OH is 1. The van der Waals surface area contributed by atoms with Gasteiger partial charge in [0, 0.05) is 0 Å². The topological polar surface area (TPSA) is 108 Å². The van der Waals surface area contributed by atoms with Gasteiger partial charge in [-0.3, -0.25) is 0 Å². The second-order valence-electron chi connectivity index (χ2n) is 6.71. The van der Waals surface area contributed by atoms with Crippen LogP contribution in [0.3, 0.4) is 0 Å². The number of rotatable bonds is 6. The summed E-state index contributed by atoms with van der Waals surface area (Å²) in [6.45, 7) is 5.31. The summed E-state index contributed by atoms with van der Waals surface area (Å²) in [6.07, 6.45) is -1.01. The fourth-order valence-corrected chi connectivity index (χ4v) is 2.73. The number of carbonyl (C=O) groups excluding carboxylic acids is 1. The molecule has 0 aliphatic carbocycles. The smallest absolute Gasteiger partial charge is 0.338 e. The minimum Gasteiger partial charge on any atom is -0.507 e. The molecule has 7 nitrogen and oxygen atoms in total. The van der Waals surface area contributed by atoms with E-state index in [4.69, 9.17) is 9.47 Å². The van der Waals surface area contributed by atoms with Crippen molar-refractivity contribution in [1.29, 1.82) is 5.26 Å². The molecule has 0 saturated carbocycles. The molecule has 0 spiro atoms. The summed E-state index contributed by atoms with van der Waals surface area (Å²) in [5.74, 6) is -0.144. The predicted octanol–water partition coefficient (Wildman–Crippen LogP) is 4.39. The minimum absolute atomic E-state index is 0.0255. The molecule has 1 heterocycles. The van der Waals surface area contributed by atoms with Crippen molar-refractivity contribution in [1.82, 2.24) is 9.97 Å². The molecule has 148 valence electrons. The molecule has 1 aromatic heterocycles. The molecular weight excluding hydrogens is 370 g/mol. The SMILES string of the molecule is CC(C)Oc1ccc(C(=O)O[C@H](C)/C(O)=C(\C#N)c2nc3ccccc3[nH]2)cc1. The van der Waals surface area contributed by atoms with Crippen molar-refractivity contribution >= 4 is 22.6 Å². The van der Waals surface area contributed by atoms with Crippen LogP contribution in [0, 0.1) is 11.3 Å². The first-order chi connectivity index (χ1) is 13.9. The Labute approximate surface area is 168 Å². The number of carbonyl (C=O) groups is 1. The van der Waals surface area contributed by atoms with Gasteiger partial charge in [-0.05, 0) is 57.2 Å². The lowest BCUT2D eigenvalue weighted by Gasteiger charge is -2.14. The van der Waals surface area contributed by atoms with E-state index in [1.807, 2.05) is 38.1 Å². The monoisotopic (exact) mass is 391 g/mol. The van der Waals surface area contributed by atoms with Gasteiger partial charge >= 0.3 is 5.97 Å². The molecule has 0 amide bonds. The number of esters is 1. The number of aromatic amines is 1. The molecule has 0 unspecified atom stereocenters. The fourth-order valence-electron chi connectivity index (χ4n) is 2.73. The number of aromatic nitrogens is 2. The predicted molar refractivity (Wildman–Crippen MR) is 108 cm³/mol. The summed E-state index contributed by atoms with van der Waals surface area (Å²) in [5, 5.41) is 20.0. The van der Waals surface area contributed by atoms with E-state index in [0.29, 0.717) is 16.8 Å². The normalized spacial score (nSPS) is 12.9. The zero-order chi connectivity index (χ0) is 21.0. The highest BCUT2D eigenvalue weighted by Crippen LogP contribution is 2.22. The van der Waals surface area contributed by atoms with E-state index in [1.54, 1.807) is 30.3 Å². The summed E-state index contributed by atoms with van der Waals surface area (Å²) < 4.78 is 10.9. The number of para-hydroxylation sites is 2. The van der Waals surface area contributed by atoms with Gasteiger partial charge in [-0.15, -0.1) is 0 Å². The van der Waals surface area contributed by atoms with Gasteiger partial charge in [0.15, 0.2) is 17.7 Å². The number of nitrogens with zero attached hydrogens (tertiary/aromatic N) is 2. The number of nitriles is 1. The summed E-state index contributed by atoms with van der Waals surface area (Å²) in [6, 6.07) is 15.7. The maximum Gasteiger partial charge on any atom is 0.338 e. The summed E-state index contributed by atoms with van der Waals surface area (Å²) in [7, 11) is 0. The van der Waals surface area contributed by atoms with Gasteiger partial charge in [-0.2, -0.15) is 5.26 Å². The minimum atomic E-state index is -1.03. The summed E-state index contributed by atoms with van der Waals surface area (Å²) in [4.78, 5) is 19.7. The van der Waals surface area contributed by atoms with Crippen molar-refractivity contribution in [2.75, 3.05) is 0 Å². The number of nitrogens with one attached hydrogen (secondary N) is 1. The molecule has 7 heteroatoms. The fraction of sp³-hybridized carbons (Fsp3) is 0.227. The highest BCUT2D eigenvalue weighted by molar-refractivity contribution is 5.90. The van der Waals surface area contributed by atoms with Crippen LogP contribution < -0.4 is 4.74 Å². The lowest BCUT2D eigenvalue weighted by molar-refractivity contribution is 0.0334. The maximum atomic E-state index is 12.4. The molecule has 1 atom stereocenters. The molecule has 0 aliphatic heterocycles. The standard InChI is InChI=1S/C22H21N3O4/c1-13(2)28-16-10-8-15(9-11-16)22(27)29-14(3)20(26)17(12-23)21-24-18-6-4-5-7-19(18)25-21/h4-11,13-14,26H,1-3H3,(H,24,25)/b20-17-/t14-/m1/s1. The van der Waals surface area contributed by atoms with Gasteiger partial charge in [0.1, 0.15) is 17.4 Å². The van der Waals surface area contributed by atoms with E-state index < -0.39 is 12.1 Å². The van der Waals surface area contributed by atoms with Gasteiger partial charge in [0.05, 0.1) is 22.7 Å². The number of hydrogen-bond donors (Lipinski definition) is 2. The number of benzene rings is 2. The van der Waals surface area contributed by atoms with Crippen LogP contribution in [0.15, 0.2) is 54.3 Å². The molecule has 0 bridgehead atoms. The highest BCUT2D eigenvalue weighted by Gasteiger charge is 2.22. The van der Waals surface area contributed by atoms with E-state index in [-0.39, 0.29) is 23.3 Å². The van der Waals surface area contributed by atoms with Gasteiger partial charge in [-0.1, -0.05) is 12.1 Å². The Morgan fingerprint density at radius 1 is 1.14 bits per heavy atom. The van der Waals surface area contributed by atoms with Crippen LogP contribution in [-0.2, 0) is 4.74 Å². The number of imidazole rings is 1. The van der Waals surface area contributed by atoms with Crippen molar-refractivity contribution < 1.29 is 19.4 Å². The third-order valence-corrected chi connectivity index (χ3v) is 4.12. The average Bonchev–Trinajstić information content (AvgIpc) is 3.12. The van der Waals surface area contributed by atoms with E-state index in [2.05, 4.69) is 9.97 Å². The third kappa shape index (κ3) is 4.55. The zero-order valence-electron chi connectivity index (χ0n) is 16.3. The first-order valence-corrected chi connectivity index (χ1v) is 9.15. The van der Waals surface area contributed by atoms with E-state index >= 15 is 0 Å². The molecule has 2 N–H and O–H groups in total. The number of hydrogen-bond acceptors (Lipinski definition) is 6. The van der Waals surface area contributed by atoms with Crippen LogP contribution in [0.1, 0.15) is 37.0 Å². The van der Waals surface area contributed by atoms with Crippen molar-refractivity contribution in [3.63, 3.8) is 0 Å². The van der Waals surface area contributed by atoms with Crippen LogP contribution in [-0.4, -0.2) is 33.3 Å². The molecule has 2 aromatic carbocycles. The van der Waals surface area contributed by atoms with Crippen molar-refractivity contribution in [3.05, 3.63) is 65.7 Å². The van der Waals surface area contributed by atoms with Crippen LogP contribution >= 0.6 is 0 Å². The maximum absolute atomic E-state index is 12.4. The summed E-state index contributed by atoms with van der Waals surface area (Å²) in [5.41, 5.74) is 1.62. The molecule has 3 rings (SSSR count). The Morgan fingerprint density at radius 3 is 2.45 bits per heavy atom. The molecular formula is C22H21N3O4. The molecule has 29 heavy (non-hydrogen) atoms. The molecule has 0 saturated heterocycles. The Morgan fingerprint density at radius 2 is 1.83 bits per heavy atom. The van der Waals surface area contributed by atoms with Gasteiger partial charge < -0.3 is 19.6 Å². The Kier molecular flexibility index (Phi) is 5.84. The van der Waals surface area contributed by atoms with Gasteiger partial charge in [0.2, 0.25) is 0 Å². The van der Waals surface area contributed by atoms with E-state index in [9.17, 15) is 15.2 Å². The van der Waals surface area contributed by atoms with Crippen LogP contribution in [0.25, 0.3) is 16.6 Å². The van der Waals surface area contributed by atoms with Crippen LogP contribution in [0.4, 0.5) is 0 Å². The lowest BCUT2D eigenvalue weighted by atomic mass is 10.1. The number of H-pyrrole nitrogens is 1. The molecule has 0 aliphatic rings. The molecule has 0 radical (unpaired) electrons. The second-order valence-corrected chi connectivity index (χ2v) is 6.71. The molecule has 3 aromatic rings. The second kappa shape index (κ2) is 8.48. The number of aliphatic hydroxyl groups is 1. The van der Waals surface area contributed by atoms with Crippen molar-refractivity contribution in [2.45, 2.75) is 33.0 Å². The molecule has 0 fully saturated rings. The van der Waals surface area contributed by atoms with Crippen molar-refractivity contribution in [2.24, 2.45) is 0 Å². The quantitative estimate of drug-likeness (QED) is 0.366.